The molecule has 1 unspecified atom stereocenters. The highest BCUT2D eigenvalue weighted by atomic mass is 16.5. The lowest BCUT2D eigenvalue weighted by Gasteiger charge is -2.22. The van der Waals surface area contributed by atoms with Gasteiger partial charge in [0.25, 0.3) is 0 Å². The smallest absolute Gasteiger partial charge is 0.119 e. The second-order valence-corrected chi connectivity index (χ2v) is 3.44. The Morgan fingerprint density at radius 3 is 2.92 bits per heavy atom. The van der Waals surface area contributed by atoms with E-state index < -0.39 is 0 Å². The summed E-state index contributed by atoms with van der Waals surface area (Å²) in [5.74, 6) is 0. The van der Waals surface area contributed by atoms with Crippen molar-refractivity contribution in [1.82, 2.24) is 0 Å². The molecular formula is C10H18O2. The first kappa shape index (κ1) is 9.72. The van der Waals surface area contributed by atoms with Crippen LogP contribution in [0.2, 0.25) is 0 Å². The Kier molecular flexibility index (Phi) is 5.00. The van der Waals surface area contributed by atoms with E-state index >= 15 is 0 Å². The normalized spacial score (nSPS) is 23.8. The van der Waals surface area contributed by atoms with E-state index in [-0.39, 0.29) is 0 Å². The van der Waals surface area contributed by atoms with Crippen LogP contribution < -0.4 is 0 Å². The number of ether oxygens (including phenoxy) is 1. The minimum Gasteiger partial charge on any atom is -0.378 e. The van der Waals surface area contributed by atoms with E-state index in [0.717, 1.165) is 32.2 Å². The maximum atomic E-state index is 10.0. The highest BCUT2D eigenvalue weighted by molar-refractivity contribution is 5.48. The monoisotopic (exact) mass is 170 g/mol. The van der Waals surface area contributed by atoms with E-state index in [4.69, 9.17) is 4.74 Å². The van der Waals surface area contributed by atoms with E-state index in [2.05, 4.69) is 0 Å². The molecule has 1 saturated heterocycles. The summed E-state index contributed by atoms with van der Waals surface area (Å²) in [4.78, 5) is 10.0. The molecule has 0 aromatic heterocycles. The van der Waals surface area contributed by atoms with Gasteiger partial charge in [-0.1, -0.05) is 6.42 Å². The molecule has 0 saturated carbocycles. The fourth-order valence-corrected chi connectivity index (χ4v) is 1.63. The number of hydrogen-bond donors (Lipinski definition) is 0. The topological polar surface area (TPSA) is 26.3 Å². The fourth-order valence-electron chi connectivity index (χ4n) is 1.63. The van der Waals surface area contributed by atoms with Gasteiger partial charge >= 0.3 is 0 Å². The molecule has 2 nitrogen and oxygen atoms in total. The largest absolute Gasteiger partial charge is 0.378 e. The summed E-state index contributed by atoms with van der Waals surface area (Å²) in [6.45, 7) is 0.943. The third-order valence-corrected chi connectivity index (χ3v) is 2.37. The maximum absolute atomic E-state index is 10.0. The molecule has 1 aliphatic rings. The lowest BCUT2D eigenvalue weighted by atomic mass is 10.0. The Labute approximate surface area is 74.3 Å². The number of carbonyl (C=O) groups excluding carboxylic acids is 1. The van der Waals surface area contributed by atoms with Crippen molar-refractivity contribution < 1.29 is 9.53 Å². The Morgan fingerprint density at radius 1 is 1.33 bits per heavy atom. The molecule has 2 heteroatoms. The highest BCUT2D eigenvalue weighted by Gasteiger charge is 2.12. The van der Waals surface area contributed by atoms with Crippen LogP contribution in [0.1, 0.15) is 44.9 Å². The van der Waals surface area contributed by atoms with E-state index in [0.29, 0.717) is 12.5 Å². The van der Waals surface area contributed by atoms with Crippen molar-refractivity contribution >= 4 is 6.29 Å². The lowest BCUT2D eigenvalue weighted by molar-refractivity contribution is -0.108. The molecule has 0 aromatic carbocycles. The summed E-state index contributed by atoms with van der Waals surface area (Å²) in [5.41, 5.74) is 0. The van der Waals surface area contributed by atoms with Crippen LogP contribution in [0.15, 0.2) is 0 Å². The summed E-state index contributed by atoms with van der Waals surface area (Å²) in [7, 11) is 0. The predicted molar refractivity (Wildman–Crippen MR) is 48.1 cm³/mol. The molecule has 1 atom stereocenters. The molecule has 1 fully saturated rings. The first-order valence-electron chi connectivity index (χ1n) is 4.98. The van der Waals surface area contributed by atoms with E-state index in [1.54, 1.807) is 0 Å². The lowest BCUT2D eigenvalue weighted by Crippen LogP contribution is -2.18. The van der Waals surface area contributed by atoms with Gasteiger partial charge in [0, 0.05) is 13.0 Å². The molecule has 1 heterocycles. The van der Waals surface area contributed by atoms with Gasteiger partial charge in [0.1, 0.15) is 6.29 Å². The van der Waals surface area contributed by atoms with Crippen LogP contribution in [0.5, 0.6) is 0 Å². The maximum Gasteiger partial charge on any atom is 0.119 e. The van der Waals surface area contributed by atoms with Gasteiger partial charge in [0.15, 0.2) is 0 Å². The van der Waals surface area contributed by atoms with Gasteiger partial charge in [-0.05, 0) is 32.1 Å². The van der Waals surface area contributed by atoms with Gasteiger partial charge < -0.3 is 9.53 Å². The van der Waals surface area contributed by atoms with Crippen molar-refractivity contribution in [2.75, 3.05) is 6.61 Å². The first-order chi connectivity index (χ1) is 5.93. The molecular weight excluding hydrogens is 152 g/mol. The number of rotatable bonds is 5. The number of carbonyl (C=O) groups is 1. The minimum atomic E-state index is 0.491. The first-order valence-corrected chi connectivity index (χ1v) is 4.98. The third-order valence-electron chi connectivity index (χ3n) is 2.37. The predicted octanol–water partition coefficient (Wildman–Crippen LogP) is 2.31. The zero-order chi connectivity index (χ0) is 8.65. The van der Waals surface area contributed by atoms with E-state index in [1.807, 2.05) is 0 Å². The SMILES string of the molecule is O=CCCCCC1CCCCO1. The molecule has 0 N–H and O–H groups in total. The van der Waals surface area contributed by atoms with Crippen LogP contribution in [0.4, 0.5) is 0 Å². The van der Waals surface area contributed by atoms with Crippen LogP contribution in [-0.2, 0) is 9.53 Å². The molecule has 0 bridgehead atoms. The van der Waals surface area contributed by atoms with Crippen molar-refractivity contribution in [3.05, 3.63) is 0 Å². The van der Waals surface area contributed by atoms with Crippen LogP contribution in [0.3, 0.4) is 0 Å². The second-order valence-electron chi connectivity index (χ2n) is 3.44. The van der Waals surface area contributed by atoms with Crippen LogP contribution in [0.25, 0.3) is 0 Å². The molecule has 0 spiro atoms. The second kappa shape index (κ2) is 6.18. The molecule has 0 radical (unpaired) electrons. The van der Waals surface area contributed by atoms with Gasteiger partial charge in [-0.15, -0.1) is 0 Å². The third kappa shape index (κ3) is 3.86. The van der Waals surface area contributed by atoms with Crippen molar-refractivity contribution in [1.29, 1.82) is 0 Å². The zero-order valence-electron chi connectivity index (χ0n) is 7.63. The minimum absolute atomic E-state index is 0.491. The van der Waals surface area contributed by atoms with Crippen LogP contribution >= 0.6 is 0 Å². The van der Waals surface area contributed by atoms with Crippen molar-refractivity contribution in [2.45, 2.75) is 51.0 Å². The summed E-state index contributed by atoms with van der Waals surface area (Å²) in [6.07, 6.45) is 9.30. The van der Waals surface area contributed by atoms with Gasteiger partial charge in [-0.25, -0.2) is 0 Å². The summed E-state index contributed by atoms with van der Waals surface area (Å²) in [5, 5.41) is 0. The van der Waals surface area contributed by atoms with Gasteiger partial charge in [0.2, 0.25) is 0 Å². The molecule has 0 aliphatic carbocycles. The van der Waals surface area contributed by atoms with Crippen LogP contribution in [0, 0.1) is 0 Å². The Balaban J connectivity index is 1.94. The molecule has 1 aliphatic heterocycles. The molecule has 0 aromatic rings. The number of unbranched alkanes of at least 4 members (excludes halogenated alkanes) is 2. The van der Waals surface area contributed by atoms with Crippen molar-refractivity contribution in [2.24, 2.45) is 0 Å². The molecule has 70 valence electrons. The average Bonchev–Trinajstić information content (AvgIpc) is 2.14. The molecule has 12 heavy (non-hydrogen) atoms. The van der Waals surface area contributed by atoms with Gasteiger partial charge in [-0.3, -0.25) is 0 Å². The fraction of sp³-hybridized carbons (Fsp3) is 0.900. The van der Waals surface area contributed by atoms with Crippen molar-refractivity contribution in [3.8, 4) is 0 Å². The Bertz CT molecular complexity index is 117. The van der Waals surface area contributed by atoms with E-state index in [1.165, 1.54) is 19.3 Å². The van der Waals surface area contributed by atoms with E-state index in [9.17, 15) is 4.79 Å². The summed E-state index contributed by atoms with van der Waals surface area (Å²) < 4.78 is 5.57. The van der Waals surface area contributed by atoms with Gasteiger partial charge in [0.05, 0.1) is 6.10 Å². The standard InChI is InChI=1S/C10H18O2/c11-8-4-1-2-6-10-7-3-5-9-12-10/h8,10H,1-7,9H2. The van der Waals surface area contributed by atoms with Gasteiger partial charge in [-0.2, -0.15) is 0 Å². The van der Waals surface area contributed by atoms with Crippen LogP contribution in [-0.4, -0.2) is 19.0 Å². The zero-order valence-corrected chi connectivity index (χ0v) is 7.63. The number of aldehydes is 1. The highest BCUT2D eigenvalue weighted by Crippen LogP contribution is 2.17. The Hall–Kier alpha value is -0.370. The summed E-state index contributed by atoms with van der Waals surface area (Å²) in [6, 6.07) is 0. The molecule has 0 amide bonds. The summed E-state index contributed by atoms with van der Waals surface area (Å²) >= 11 is 0. The quantitative estimate of drug-likeness (QED) is 0.467. The van der Waals surface area contributed by atoms with Crippen molar-refractivity contribution in [3.63, 3.8) is 0 Å². The number of hydrogen-bond acceptors (Lipinski definition) is 2. The Morgan fingerprint density at radius 2 is 2.25 bits per heavy atom. The average molecular weight is 170 g/mol. The molecule has 1 rings (SSSR count).